The predicted molar refractivity (Wildman–Crippen MR) is 88.2 cm³/mol. The zero-order valence-electron chi connectivity index (χ0n) is 11.0. The Labute approximate surface area is 130 Å². The average Bonchev–Trinajstić information content (AvgIpc) is 2.98. The fourth-order valence-electron chi connectivity index (χ4n) is 1.95. The number of halogens is 1. The van der Waals surface area contributed by atoms with Crippen molar-refractivity contribution >= 4 is 50.4 Å². The lowest BCUT2D eigenvalue weighted by Crippen LogP contribution is -2.22. The van der Waals surface area contributed by atoms with Gasteiger partial charge in [0, 0.05) is 5.69 Å². The molecule has 0 atom stereocenters. The minimum atomic E-state index is -0.166. The third kappa shape index (κ3) is 3.15. The topological polar surface area (TPSA) is 54.0 Å². The van der Waals surface area contributed by atoms with Gasteiger partial charge in [-0.2, -0.15) is 0 Å². The summed E-state index contributed by atoms with van der Waals surface area (Å²) in [7, 11) is 0. The van der Waals surface area contributed by atoms with E-state index in [0.29, 0.717) is 10.7 Å². The van der Waals surface area contributed by atoms with Gasteiger partial charge < -0.3 is 10.6 Å². The van der Waals surface area contributed by atoms with Crippen molar-refractivity contribution in [2.75, 3.05) is 17.2 Å². The second kappa shape index (κ2) is 6.11. The van der Waals surface area contributed by atoms with Crippen molar-refractivity contribution in [1.82, 2.24) is 4.98 Å². The summed E-state index contributed by atoms with van der Waals surface area (Å²) in [5.74, 6) is -0.166. The van der Waals surface area contributed by atoms with Crippen molar-refractivity contribution in [3.63, 3.8) is 0 Å². The molecule has 6 heteroatoms. The lowest BCUT2D eigenvalue weighted by atomic mass is 10.3. The number of hydrogen-bond acceptors (Lipinski definition) is 4. The molecule has 0 radical (unpaired) electrons. The van der Waals surface area contributed by atoms with E-state index in [1.807, 2.05) is 36.4 Å². The Morgan fingerprint density at radius 1 is 1.19 bits per heavy atom. The molecule has 3 rings (SSSR count). The molecule has 1 aromatic heterocycles. The largest absolute Gasteiger partial charge is 0.376 e. The zero-order valence-corrected chi connectivity index (χ0v) is 12.5. The molecule has 3 aromatic rings. The Kier molecular flexibility index (Phi) is 4.03. The van der Waals surface area contributed by atoms with Gasteiger partial charge in [0.2, 0.25) is 5.91 Å². The van der Waals surface area contributed by atoms with Gasteiger partial charge in [-0.3, -0.25) is 4.79 Å². The number of carbonyl (C=O) groups is 1. The quantitative estimate of drug-likeness (QED) is 0.764. The van der Waals surface area contributed by atoms with Crippen LogP contribution in [0.4, 0.5) is 11.4 Å². The highest BCUT2D eigenvalue weighted by atomic mass is 35.5. The summed E-state index contributed by atoms with van der Waals surface area (Å²) in [6.45, 7) is 0.168. The maximum Gasteiger partial charge on any atom is 0.243 e. The van der Waals surface area contributed by atoms with Crippen molar-refractivity contribution in [2.45, 2.75) is 0 Å². The van der Waals surface area contributed by atoms with Crippen molar-refractivity contribution in [1.29, 1.82) is 0 Å². The normalized spacial score (nSPS) is 10.5. The molecule has 0 saturated carbocycles. The van der Waals surface area contributed by atoms with Gasteiger partial charge in [-0.25, -0.2) is 4.98 Å². The number of amides is 1. The first-order chi connectivity index (χ1) is 10.2. The van der Waals surface area contributed by atoms with Crippen molar-refractivity contribution < 1.29 is 4.79 Å². The van der Waals surface area contributed by atoms with Crippen molar-refractivity contribution in [2.24, 2.45) is 0 Å². The van der Waals surface area contributed by atoms with Gasteiger partial charge in [-0.1, -0.05) is 29.8 Å². The maximum absolute atomic E-state index is 12.0. The van der Waals surface area contributed by atoms with Crippen LogP contribution < -0.4 is 10.6 Å². The van der Waals surface area contributed by atoms with Crippen LogP contribution in [0, 0.1) is 0 Å². The van der Waals surface area contributed by atoms with Crippen molar-refractivity contribution in [3.05, 3.63) is 53.0 Å². The van der Waals surface area contributed by atoms with Gasteiger partial charge in [-0.15, -0.1) is 11.3 Å². The number of aromatic nitrogens is 1. The van der Waals surface area contributed by atoms with Gasteiger partial charge in [0.1, 0.15) is 5.52 Å². The molecule has 0 aliphatic rings. The van der Waals surface area contributed by atoms with Gasteiger partial charge in [-0.05, 0) is 24.3 Å². The molecule has 1 heterocycles. The molecule has 0 fully saturated rings. The Morgan fingerprint density at radius 2 is 2.00 bits per heavy atom. The van der Waals surface area contributed by atoms with Crippen LogP contribution in [0.1, 0.15) is 0 Å². The summed E-state index contributed by atoms with van der Waals surface area (Å²) >= 11 is 7.66. The lowest BCUT2D eigenvalue weighted by molar-refractivity contribution is -0.114. The van der Waals surface area contributed by atoms with Crippen LogP contribution >= 0.6 is 22.9 Å². The first-order valence-corrected chi connectivity index (χ1v) is 7.60. The minimum Gasteiger partial charge on any atom is -0.376 e. The van der Waals surface area contributed by atoms with Crippen LogP contribution in [0.25, 0.3) is 10.2 Å². The number of para-hydroxylation sites is 1. The average molecular weight is 318 g/mol. The van der Waals surface area contributed by atoms with Crippen LogP contribution in [-0.4, -0.2) is 17.4 Å². The van der Waals surface area contributed by atoms with E-state index in [-0.39, 0.29) is 12.5 Å². The van der Waals surface area contributed by atoms with Crippen LogP contribution in [0.3, 0.4) is 0 Å². The number of rotatable bonds is 4. The van der Waals surface area contributed by atoms with Gasteiger partial charge >= 0.3 is 0 Å². The number of thiazole rings is 1. The molecule has 0 aliphatic heterocycles. The number of fused-ring (bicyclic) bond motifs is 1. The van der Waals surface area contributed by atoms with E-state index >= 15 is 0 Å². The highest BCUT2D eigenvalue weighted by Gasteiger charge is 2.11. The smallest absolute Gasteiger partial charge is 0.243 e. The molecule has 1 amide bonds. The Bertz CT molecular complexity index is 773. The maximum atomic E-state index is 12.0. The fraction of sp³-hybridized carbons (Fsp3) is 0.0667. The van der Waals surface area contributed by atoms with E-state index in [0.717, 1.165) is 15.9 Å². The number of anilines is 2. The Hall–Kier alpha value is -2.11. The molecule has 2 aromatic carbocycles. The number of nitrogens with zero attached hydrogens (tertiary/aromatic N) is 1. The van der Waals surface area contributed by atoms with Crippen LogP contribution in [-0.2, 0) is 4.79 Å². The summed E-state index contributed by atoms with van der Waals surface area (Å²) < 4.78 is 0.991. The summed E-state index contributed by atoms with van der Waals surface area (Å²) in [5.41, 5.74) is 3.92. The van der Waals surface area contributed by atoms with E-state index in [9.17, 15) is 4.79 Å². The number of benzene rings is 2. The monoisotopic (exact) mass is 317 g/mol. The molecule has 106 valence electrons. The zero-order chi connectivity index (χ0) is 14.7. The molecular weight excluding hydrogens is 306 g/mol. The molecular formula is C15H12ClN3OS. The molecule has 0 bridgehead atoms. The van der Waals surface area contributed by atoms with E-state index < -0.39 is 0 Å². The standard InChI is InChI=1S/C15H12ClN3OS/c16-11-6-7-12-15(18-9-21-12)14(11)19-13(20)8-17-10-4-2-1-3-5-10/h1-7,9,17H,8H2,(H,19,20). The Morgan fingerprint density at radius 3 is 2.81 bits per heavy atom. The highest BCUT2D eigenvalue weighted by molar-refractivity contribution is 7.16. The second-order valence-electron chi connectivity index (χ2n) is 4.39. The summed E-state index contributed by atoms with van der Waals surface area (Å²) in [4.78, 5) is 16.3. The van der Waals surface area contributed by atoms with Crippen LogP contribution in [0.2, 0.25) is 5.02 Å². The molecule has 0 saturated heterocycles. The SMILES string of the molecule is O=C(CNc1ccccc1)Nc1c(Cl)ccc2scnc12. The van der Waals surface area contributed by atoms with Crippen LogP contribution in [0.15, 0.2) is 48.0 Å². The van der Waals surface area contributed by atoms with Crippen molar-refractivity contribution in [3.8, 4) is 0 Å². The first kappa shape index (κ1) is 13.9. The molecule has 0 spiro atoms. The molecule has 0 unspecified atom stereocenters. The van der Waals surface area contributed by atoms with E-state index in [1.165, 1.54) is 11.3 Å². The number of hydrogen-bond donors (Lipinski definition) is 2. The number of nitrogens with one attached hydrogen (secondary N) is 2. The van der Waals surface area contributed by atoms with Gasteiger partial charge in [0.15, 0.2) is 0 Å². The van der Waals surface area contributed by atoms with E-state index in [2.05, 4.69) is 15.6 Å². The fourth-order valence-corrected chi connectivity index (χ4v) is 2.83. The van der Waals surface area contributed by atoms with Gasteiger partial charge in [0.25, 0.3) is 0 Å². The molecule has 2 N–H and O–H groups in total. The molecule has 21 heavy (non-hydrogen) atoms. The Balaban J connectivity index is 1.72. The summed E-state index contributed by atoms with van der Waals surface area (Å²) in [6.07, 6.45) is 0. The van der Waals surface area contributed by atoms with E-state index in [4.69, 9.17) is 11.6 Å². The van der Waals surface area contributed by atoms with E-state index in [1.54, 1.807) is 11.6 Å². The summed E-state index contributed by atoms with van der Waals surface area (Å²) in [5, 5.41) is 6.36. The third-order valence-corrected chi connectivity index (χ3v) is 4.05. The molecule has 4 nitrogen and oxygen atoms in total. The van der Waals surface area contributed by atoms with Gasteiger partial charge in [0.05, 0.1) is 27.5 Å². The lowest BCUT2D eigenvalue weighted by Gasteiger charge is -2.09. The second-order valence-corrected chi connectivity index (χ2v) is 5.68. The predicted octanol–water partition coefficient (Wildman–Crippen LogP) is 4.00. The van der Waals surface area contributed by atoms with Crippen LogP contribution in [0.5, 0.6) is 0 Å². The first-order valence-electron chi connectivity index (χ1n) is 6.34. The third-order valence-electron chi connectivity index (χ3n) is 2.94. The number of carbonyl (C=O) groups excluding carboxylic acids is 1. The summed E-state index contributed by atoms with van der Waals surface area (Å²) in [6, 6.07) is 13.2. The molecule has 0 aliphatic carbocycles. The minimum absolute atomic E-state index is 0.166. The highest BCUT2D eigenvalue weighted by Crippen LogP contribution is 2.32.